The summed E-state index contributed by atoms with van der Waals surface area (Å²) in [7, 11) is 1.87. The smallest absolute Gasteiger partial charge is 0.129 e. The summed E-state index contributed by atoms with van der Waals surface area (Å²) < 4.78 is 3.05. The average Bonchev–Trinajstić information content (AvgIpc) is 2.87. The highest BCUT2D eigenvalue weighted by molar-refractivity contribution is 9.10. The lowest BCUT2D eigenvalue weighted by molar-refractivity contribution is 0.471. The quantitative estimate of drug-likeness (QED) is 0.628. The molecule has 2 N–H and O–H groups in total. The highest BCUT2D eigenvalue weighted by Crippen LogP contribution is 2.33. The molecule has 1 heterocycles. The number of benzene rings is 2. The van der Waals surface area contributed by atoms with Crippen molar-refractivity contribution in [1.82, 2.24) is 9.78 Å². The number of phenolic OH excluding ortho intramolecular Hbond substituents is 2. The van der Waals surface area contributed by atoms with E-state index in [0.717, 1.165) is 22.5 Å². The monoisotopic (exact) mass is 422 g/mol. The fourth-order valence-corrected chi connectivity index (χ4v) is 2.97. The van der Waals surface area contributed by atoms with Gasteiger partial charge in [-0.2, -0.15) is 5.10 Å². The molecule has 0 saturated carbocycles. The lowest BCUT2D eigenvalue weighted by Gasteiger charge is -2.03. The van der Waals surface area contributed by atoms with Crippen molar-refractivity contribution in [1.29, 1.82) is 0 Å². The fourth-order valence-electron chi connectivity index (χ4n) is 2.21. The Morgan fingerprint density at radius 1 is 0.864 bits per heavy atom. The van der Waals surface area contributed by atoms with Crippen molar-refractivity contribution in [2.75, 3.05) is 0 Å². The number of phenols is 2. The van der Waals surface area contributed by atoms with Gasteiger partial charge in [0, 0.05) is 18.2 Å². The third-order valence-electron chi connectivity index (χ3n) is 3.37. The second-order valence-electron chi connectivity index (χ2n) is 4.87. The van der Waals surface area contributed by atoms with Gasteiger partial charge in [0.05, 0.1) is 20.3 Å². The molecule has 2 aromatic carbocycles. The van der Waals surface area contributed by atoms with Crippen LogP contribution in [0.1, 0.15) is 0 Å². The highest BCUT2D eigenvalue weighted by Gasteiger charge is 2.11. The molecule has 0 aliphatic carbocycles. The number of rotatable bonds is 2. The van der Waals surface area contributed by atoms with Crippen molar-refractivity contribution in [3.05, 3.63) is 51.4 Å². The lowest BCUT2D eigenvalue weighted by atomic mass is 10.1. The van der Waals surface area contributed by atoms with Crippen LogP contribution in [-0.2, 0) is 7.05 Å². The van der Waals surface area contributed by atoms with Crippen molar-refractivity contribution in [2.24, 2.45) is 7.05 Å². The van der Waals surface area contributed by atoms with Crippen molar-refractivity contribution in [3.63, 3.8) is 0 Å². The minimum Gasteiger partial charge on any atom is -0.507 e. The van der Waals surface area contributed by atoms with Crippen molar-refractivity contribution < 1.29 is 10.2 Å². The Kier molecular flexibility index (Phi) is 3.97. The molecule has 0 radical (unpaired) electrons. The first kappa shape index (κ1) is 15.1. The minimum atomic E-state index is 0.197. The summed E-state index contributed by atoms with van der Waals surface area (Å²) in [6, 6.07) is 12.6. The van der Waals surface area contributed by atoms with Crippen molar-refractivity contribution in [3.8, 4) is 34.0 Å². The van der Waals surface area contributed by atoms with Gasteiger partial charge in [0.1, 0.15) is 11.5 Å². The maximum atomic E-state index is 9.60. The Hall–Kier alpha value is -1.79. The summed E-state index contributed by atoms with van der Waals surface area (Å²) in [5.41, 5.74) is 3.59. The third-order valence-corrected chi connectivity index (χ3v) is 4.64. The highest BCUT2D eigenvalue weighted by atomic mass is 79.9. The molecule has 0 unspecified atom stereocenters. The van der Waals surface area contributed by atoms with Gasteiger partial charge in [-0.1, -0.05) is 0 Å². The molecule has 3 aromatic rings. The first-order chi connectivity index (χ1) is 10.5. The van der Waals surface area contributed by atoms with Crippen LogP contribution >= 0.6 is 31.9 Å². The molecule has 22 heavy (non-hydrogen) atoms. The van der Waals surface area contributed by atoms with E-state index in [-0.39, 0.29) is 11.5 Å². The van der Waals surface area contributed by atoms with Crippen LogP contribution in [0.15, 0.2) is 51.4 Å². The van der Waals surface area contributed by atoms with E-state index >= 15 is 0 Å². The largest absolute Gasteiger partial charge is 0.507 e. The second-order valence-corrected chi connectivity index (χ2v) is 6.58. The Balaban J connectivity index is 2.06. The Labute approximate surface area is 144 Å². The van der Waals surface area contributed by atoms with E-state index in [0.29, 0.717) is 8.95 Å². The lowest BCUT2D eigenvalue weighted by Crippen LogP contribution is -1.93. The molecule has 0 bridgehead atoms. The molecule has 0 aliphatic rings. The Morgan fingerprint density at radius 3 is 2.00 bits per heavy atom. The molecule has 0 spiro atoms. The zero-order chi connectivity index (χ0) is 15.9. The van der Waals surface area contributed by atoms with Crippen LogP contribution in [0.25, 0.3) is 22.5 Å². The molecule has 0 atom stereocenters. The van der Waals surface area contributed by atoms with Crippen LogP contribution in [0.4, 0.5) is 0 Å². The number of aromatic nitrogens is 2. The zero-order valence-corrected chi connectivity index (χ0v) is 14.8. The Morgan fingerprint density at radius 2 is 1.41 bits per heavy atom. The van der Waals surface area contributed by atoms with Gasteiger partial charge in [-0.15, -0.1) is 0 Å². The van der Waals surface area contributed by atoms with Crippen LogP contribution < -0.4 is 0 Å². The number of halogens is 2. The second kappa shape index (κ2) is 5.78. The standard InChI is InChI=1S/C16H12Br2N2O2/c1-20-14(10-3-5-16(22)12(18)7-10)8-13(19-20)9-2-4-15(21)11(17)6-9/h2-8,21-22H,1H3. The predicted molar refractivity (Wildman–Crippen MR) is 92.8 cm³/mol. The molecule has 4 nitrogen and oxygen atoms in total. The molecular formula is C16H12Br2N2O2. The molecule has 0 saturated heterocycles. The average molecular weight is 424 g/mol. The van der Waals surface area contributed by atoms with Gasteiger partial charge >= 0.3 is 0 Å². The predicted octanol–water partition coefficient (Wildman–Crippen LogP) is 4.69. The van der Waals surface area contributed by atoms with Crippen LogP contribution in [-0.4, -0.2) is 20.0 Å². The normalized spacial score (nSPS) is 10.9. The molecule has 6 heteroatoms. The van der Waals surface area contributed by atoms with Crippen LogP contribution in [0.2, 0.25) is 0 Å². The van der Waals surface area contributed by atoms with Crippen LogP contribution in [0.5, 0.6) is 11.5 Å². The van der Waals surface area contributed by atoms with Gasteiger partial charge in [0.15, 0.2) is 0 Å². The van der Waals surface area contributed by atoms with Crippen molar-refractivity contribution in [2.45, 2.75) is 0 Å². The summed E-state index contributed by atoms with van der Waals surface area (Å²) in [4.78, 5) is 0. The van der Waals surface area contributed by atoms with Crippen molar-refractivity contribution >= 4 is 31.9 Å². The topological polar surface area (TPSA) is 58.3 Å². The summed E-state index contributed by atoms with van der Waals surface area (Å²) in [6.07, 6.45) is 0. The molecule has 112 valence electrons. The van der Waals surface area contributed by atoms with Gasteiger partial charge in [-0.25, -0.2) is 0 Å². The number of aryl methyl sites for hydroxylation is 1. The summed E-state index contributed by atoms with van der Waals surface area (Å²) in [5, 5.41) is 23.7. The summed E-state index contributed by atoms with van der Waals surface area (Å²) in [5.74, 6) is 0.399. The number of hydrogen-bond donors (Lipinski definition) is 2. The molecule has 3 rings (SSSR count). The van der Waals surface area contributed by atoms with Gasteiger partial charge in [-0.05, 0) is 74.3 Å². The molecule has 0 fully saturated rings. The van der Waals surface area contributed by atoms with E-state index in [9.17, 15) is 10.2 Å². The van der Waals surface area contributed by atoms with Crippen LogP contribution in [0.3, 0.4) is 0 Å². The molecular weight excluding hydrogens is 412 g/mol. The van der Waals surface area contributed by atoms with E-state index in [2.05, 4.69) is 37.0 Å². The van der Waals surface area contributed by atoms with E-state index in [4.69, 9.17) is 0 Å². The van der Waals surface area contributed by atoms with E-state index in [1.54, 1.807) is 16.8 Å². The number of hydrogen-bond acceptors (Lipinski definition) is 3. The van der Waals surface area contributed by atoms with Gasteiger partial charge in [0.25, 0.3) is 0 Å². The van der Waals surface area contributed by atoms with E-state index < -0.39 is 0 Å². The molecule has 0 amide bonds. The van der Waals surface area contributed by atoms with Gasteiger partial charge in [-0.3, -0.25) is 4.68 Å². The van der Waals surface area contributed by atoms with Gasteiger partial charge < -0.3 is 10.2 Å². The Bertz CT molecular complexity index is 859. The SMILES string of the molecule is Cn1nc(-c2ccc(O)c(Br)c2)cc1-c1ccc(O)c(Br)c1. The number of nitrogens with zero attached hydrogens (tertiary/aromatic N) is 2. The van der Waals surface area contributed by atoms with Gasteiger partial charge in [0.2, 0.25) is 0 Å². The summed E-state index contributed by atoms with van der Waals surface area (Å²) in [6.45, 7) is 0. The first-order valence-electron chi connectivity index (χ1n) is 6.47. The third kappa shape index (κ3) is 2.76. The molecule has 1 aromatic heterocycles. The van der Waals surface area contributed by atoms with E-state index in [1.165, 1.54) is 0 Å². The van der Waals surface area contributed by atoms with Crippen LogP contribution in [0, 0.1) is 0 Å². The minimum absolute atomic E-state index is 0.197. The molecule has 0 aliphatic heterocycles. The maximum absolute atomic E-state index is 9.60. The first-order valence-corrected chi connectivity index (χ1v) is 8.06. The fraction of sp³-hybridized carbons (Fsp3) is 0.0625. The zero-order valence-electron chi connectivity index (χ0n) is 11.6. The number of aromatic hydroxyl groups is 2. The summed E-state index contributed by atoms with van der Waals surface area (Å²) >= 11 is 6.64. The van der Waals surface area contributed by atoms with E-state index in [1.807, 2.05) is 37.4 Å². The maximum Gasteiger partial charge on any atom is 0.129 e.